The molecule has 0 spiro atoms. The minimum Gasteiger partial charge on any atom is -0.208 e. The fraction of sp³-hybridized carbons (Fsp3) is 0.0250. The molecule has 5 aromatic heterocycles. The third kappa shape index (κ3) is 16.5. The van der Waals surface area contributed by atoms with E-state index in [4.69, 9.17) is 44.9 Å². The van der Waals surface area contributed by atoms with Crippen LogP contribution in [0.3, 0.4) is 0 Å². The van der Waals surface area contributed by atoms with Gasteiger partial charge in [-0.3, -0.25) is 0 Å². The van der Waals surface area contributed by atoms with Crippen LogP contribution in [0.5, 0.6) is 0 Å². The molecule has 0 atom stereocenters. The lowest BCUT2D eigenvalue weighted by Crippen LogP contribution is -2.14. The van der Waals surface area contributed by atoms with Crippen molar-refractivity contribution in [1.82, 2.24) is 44.9 Å². The van der Waals surface area contributed by atoms with Crippen molar-refractivity contribution in [2.45, 2.75) is 19.3 Å². The van der Waals surface area contributed by atoms with Crippen LogP contribution in [0, 0.1) is 0 Å². The molecule has 23 aromatic rings. The second kappa shape index (κ2) is 35.3. The van der Waals surface area contributed by atoms with Crippen LogP contribution in [-0.4, -0.2) is 44.9 Å². The molecule has 1 aliphatic carbocycles. The van der Waals surface area contributed by atoms with Gasteiger partial charge in [-0.1, -0.05) is 408 Å². The molecule has 0 saturated heterocycles. The minimum absolute atomic E-state index is 0.0227. The number of hydrogen-bond donors (Lipinski definition) is 0. The van der Waals surface area contributed by atoms with Gasteiger partial charge < -0.3 is 0 Å². The van der Waals surface area contributed by atoms with Gasteiger partial charge in [-0.05, 0) is 150 Å². The number of nitrogens with zero attached hydrogens (tertiary/aromatic N) is 9. The van der Waals surface area contributed by atoms with Crippen LogP contribution < -0.4 is 0 Å². The van der Waals surface area contributed by atoms with Crippen LogP contribution in [0.1, 0.15) is 25.0 Å². The van der Waals surface area contributed by atoms with Crippen molar-refractivity contribution >= 4 is 63.0 Å². The number of thiophene rings is 2. The summed E-state index contributed by atoms with van der Waals surface area (Å²) >= 11 is 3.70. The quantitative estimate of drug-likeness (QED) is 0.0989. The van der Waals surface area contributed by atoms with E-state index in [1.807, 2.05) is 205 Å². The Kier molecular flexibility index (Phi) is 21.7. The van der Waals surface area contributed by atoms with Crippen LogP contribution in [0.2, 0.25) is 0 Å². The monoisotopic (exact) mass is 1710 g/mol. The van der Waals surface area contributed by atoms with Gasteiger partial charge in [0.1, 0.15) is 0 Å². The van der Waals surface area contributed by atoms with E-state index in [9.17, 15) is 0 Å². The smallest absolute Gasteiger partial charge is 0.164 e. The van der Waals surface area contributed by atoms with Crippen LogP contribution >= 0.6 is 22.7 Å². The average molecular weight is 1710 g/mol. The Morgan fingerprint density at radius 1 is 0.153 bits per heavy atom. The van der Waals surface area contributed by atoms with Gasteiger partial charge in [0.2, 0.25) is 0 Å². The van der Waals surface area contributed by atoms with Crippen LogP contribution in [0.4, 0.5) is 0 Å². The molecule has 5 heterocycles. The largest absolute Gasteiger partial charge is 0.208 e. The van der Waals surface area contributed by atoms with E-state index >= 15 is 0 Å². The highest BCUT2D eigenvalue weighted by molar-refractivity contribution is 7.26. The summed E-state index contributed by atoms with van der Waals surface area (Å²) < 4.78 is 5.26. The first-order valence-electron chi connectivity index (χ1n) is 43.9. The molecule has 9 nitrogen and oxygen atoms in total. The molecule has 131 heavy (non-hydrogen) atoms. The third-order valence-corrected chi connectivity index (χ3v) is 26.7. The van der Waals surface area contributed by atoms with E-state index in [0.717, 1.165) is 77.9 Å². The summed E-state index contributed by atoms with van der Waals surface area (Å²) in [5, 5.41) is 5.27. The molecule has 0 unspecified atom stereocenters. The molecule has 0 bridgehead atoms. The number of benzene rings is 18. The van der Waals surface area contributed by atoms with E-state index in [1.54, 1.807) is 0 Å². The molecule has 618 valence electrons. The Hall–Kier alpha value is -16.6. The molecule has 0 N–H and O–H groups in total. The van der Waals surface area contributed by atoms with E-state index in [1.165, 1.54) is 102 Å². The van der Waals surface area contributed by atoms with E-state index in [2.05, 4.69) is 287 Å². The lowest BCUT2D eigenvalue weighted by atomic mass is 9.81. The summed E-state index contributed by atoms with van der Waals surface area (Å²) in [7, 11) is 0. The van der Waals surface area contributed by atoms with E-state index in [-0.39, 0.29) is 5.41 Å². The highest BCUT2D eigenvalue weighted by Gasteiger charge is 2.35. The summed E-state index contributed by atoms with van der Waals surface area (Å²) in [6.07, 6.45) is 0. The number of rotatable bonds is 15. The van der Waals surface area contributed by atoms with Gasteiger partial charge in [0.05, 0.1) is 0 Å². The normalized spacial score (nSPS) is 11.8. The second-order valence-electron chi connectivity index (χ2n) is 33.1. The van der Waals surface area contributed by atoms with Crippen molar-refractivity contribution in [2.24, 2.45) is 0 Å². The zero-order valence-electron chi connectivity index (χ0n) is 71.6. The molecule has 0 radical (unpaired) electrons. The fourth-order valence-electron chi connectivity index (χ4n) is 17.7. The van der Waals surface area contributed by atoms with E-state index in [0.29, 0.717) is 52.4 Å². The van der Waals surface area contributed by atoms with Crippen molar-refractivity contribution in [2.75, 3.05) is 0 Å². The molecule has 0 aliphatic heterocycles. The van der Waals surface area contributed by atoms with Crippen LogP contribution in [-0.2, 0) is 5.41 Å². The maximum atomic E-state index is 4.94. The summed E-state index contributed by atoms with van der Waals surface area (Å²) in [6, 6.07) is 159. The summed E-state index contributed by atoms with van der Waals surface area (Å²) in [4.78, 5) is 44.0. The van der Waals surface area contributed by atoms with Gasteiger partial charge in [-0.25, -0.2) is 44.9 Å². The maximum absolute atomic E-state index is 4.94. The third-order valence-electron chi connectivity index (χ3n) is 24.4. The fourth-order valence-corrected chi connectivity index (χ4v) is 20.0. The zero-order valence-corrected chi connectivity index (χ0v) is 73.3. The molecule has 0 saturated carbocycles. The first kappa shape index (κ1) is 80.3. The van der Waals surface area contributed by atoms with Crippen molar-refractivity contribution in [3.63, 3.8) is 0 Å². The summed E-state index contributed by atoms with van der Waals surface area (Å²) in [6.45, 7) is 4.66. The number of hydrogen-bond acceptors (Lipinski definition) is 11. The first-order chi connectivity index (χ1) is 64.6. The van der Waals surface area contributed by atoms with E-state index < -0.39 is 0 Å². The van der Waals surface area contributed by atoms with Crippen LogP contribution in [0.25, 0.3) is 221 Å². The molecular formula is C120H81N9S2. The maximum Gasteiger partial charge on any atom is 0.164 e. The highest BCUT2D eigenvalue weighted by atomic mass is 32.1. The molecular weight excluding hydrogens is 1630 g/mol. The van der Waals surface area contributed by atoms with Crippen molar-refractivity contribution in [3.8, 4) is 180 Å². The first-order valence-corrected chi connectivity index (χ1v) is 45.6. The number of fused-ring (bicyclic) bond motifs is 9. The molecule has 18 aromatic carbocycles. The van der Waals surface area contributed by atoms with Crippen molar-refractivity contribution in [3.05, 3.63) is 466 Å². The molecule has 11 heteroatoms. The Morgan fingerprint density at radius 2 is 0.405 bits per heavy atom. The van der Waals surface area contributed by atoms with Crippen molar-refractivity contribution in [1.29, 1.82) is 0 Å². The average Bonchev–Trinajstić information content (AvgIpc) is 1.56. The van der Waals surface area contributed by atoms with Gasteiger partial charge in [0.15, 0.2) is 52.4 Å². The minimum atomic E-state index is -0.0227. The molecule has 0 amide bonds. The van der Waals surface area contributed by atoms with Gasteiger partial charge >= 0.3 is 0 Å². The highest BCUT2D eigenvalue weighted by Crippen LogP contribution is 2.50. The second-order valence-corrected chi connectivity index (χ2v) is 35.3. The summed E-state index contributed by atoms with van der Waals surface area (Å²) in [5.41, 5.74) is 28.2. The molecule has 1 aliphatic rings. The Morgan fingerprint density at radius 3 is 0.847 bits per heavy atom. The standard InChI is InChI=1S/C42H31N3.2C39H25N3S/c1-42(2)37-19-10-9-18-35(37)36-25-24-34(27-38(36)42)33-17-11-16-32(26-33)28-20-22-31(23-21-28)41-44-39(29-12-5-3-6-13-29)43-40(45-41)30-14-7-4-8-15-30;1-3-12-26(13-4-1)37-40-38(27-14-5-2-6-15-27)42-39(41-37)31-19-10-17-29(25-31)28-16-9-18-30(24-28)32-21-11-23-35-36(32)33-20-7-8-22-34(33)43-35;1-3-11-26(12-4-1)37-40-38(27-13-5-2-6-14-27)42-39(41-37)32-18-10-17-30(24-32)28-15-9-16-29(23-28)31-21-22-34-33-19-7-8-20-35(33)43-36(34)25-31/h3-27H,1-2H3;2*1-25H. The zero-order chi connectivity index (χ0) is 87.6. The predicted molar refractivity (Wildman–Crippen MR) is 544 cm³/mol. The SMILES string of the molecule is CC1(C)c2ccccc2-c2ccc(-c3cccc(-c4ccc(-c5nc(-c6ccccc6)nc(-c6ccccc6)n5)cc4)c3)cc21.c1ccc(-c2nc(-c3ccccc3)nc(-c3cccc(-c4cccc(-c5ccc6c(c5)sc5ccccc56)c4)c3)n2)cc1.c1ccc(-c2nc(-c3ccccc3)nc(-c3cccc(-c4cccc(-c5cccc6sc7ccccc7c56)c4)c3)n2)cc1. The predicted octanol–water partition coefficient (Wildman–Crippen LogP) is 31.7. The van der Waals surface area contributed by atoms with Crippen molar-refractivity contribution < 1.29 is 0 Å². The van der Waals surface area contributed by atoms with Gasteiger partial charge in [0.25, 0.3) is 0 Å². The Balaban J connectivity index is 0.000000115. The van der Waals surface area contributed by atoms with Gasteiger partial charge in [0, 0.05) is 95.8 Å². The van der Waals surface area contributed by atoms with Crippen LogP contribution in [0.15, 0.2) is 455 Å². The lowest BCUT2D eigenvalue weighted by molar-refractivity contribution is 0.660. The molecule has 0 fully saturated rings. The Labute approximate surface area is 768 Å². The summed E-state index contributed by atoms with van der Waals surface area (Å²) in [5.74, 6) is 5.93. The lowest BCUT2D eigenvalue weighted by Gasteiger charge is -2.22. The van der Waals surface area contributed by atoms with Gasteiger partial charge in [-0.2, -0.15) is 0 Å². The topological polar surface area (TPSA) is 116 Å². The Bertz CT molecular complexity index is 7990. The van der Waals surface area contributed by atoms with Gasteiger partial charge in [-0.15, -0.1) is 22.7 Å². The number of aromatic nitrogens is 9. The molecule has 24 rings (SSSR count).